The minimum Gasteiger partial charge on any atom is -0.399 e. The first-order chi connectivity index (χ1) is 9.08. The van der Waals surface area contributed by atoms with E-state index >= 15 is 0 Å². The van der Waals surface area contributed by atoms with Gasteiger partial charge < -0.3 is 15.4 Å². The molecule has 2 N–H and O–H groups in total. The van der Waals surface area contributed by atoms with Crippen molar-refractivity contribution in [3.63, 3.8) is 0 Å². The highest BCUT2D eigenvalue weighted by Gasteiger charge is 2.39. The molecule has 2 aliphatic rings. The largest absolute Gasteiger partial charge is 0.399 e. The second-order valence-corrected chi connectivity index (χ2v) is 5.71. The molecular formula is C15H20N2O2. The fourth-order valence-electron chi connectivity index (χ4n) is 3.14. The Balaban J connectivity index is 1.91. The standard InChI is InChI=1S/C15H20N2O2/c1-9-5-6-19-14(9)15(18)17-10(2)7-11-8-12(16)3-4-13(11)17/h3-4,8-10,14H,5-7,16H2,1-2H3. The van der Waals surface area contributed by atoms with Gasteiger partial charge in [-0.15, -0.1) is 0 Å². The van der Waals surface area contributed by atoms with Crippen LogP contribution in [0.1, 0.15) is 25.8 Å². The molecule has 3 unspecified atom stereocenters. The van der Waals surface area contributed by atoms with Crippen molar-refractivity contribution in [2.75, 3.05) is 17.2 Å². The fourth-order valence-corrected chi connectivity index (χ4v) is 3.14. The van der Waals surface area contributed by atoms with Crippen LogP contribution in [0.15, 0.2) is 18.2 Å². The van der Waals surface area contributed by atoms with E-state index in [4.69, 9.17) is 10.5 Å². The molecule has 102 valence electrons. The van der Waals surface area contributed by atoms with E-state index < -0.39 is 0 Å². The molecule has 1 amide bonds. The van der Waals surface area contributed by atoms with E-state index in [1.165, 1.54) is 0 Å². The van der Waals surface area contributed by atoms with Gasteiger partial charge >= 0.3 is 0 Å². The van der Waals surface area contributed by atoms with Crippen LogP contribution in [0.3, 0.4) is 0 Å². The van der Waals surface area contributed by atoms with Gasteiger partial charge in [-0.3, -0.25) is 4.79 Å². The van der Waals surface area contributed by atoms with Crippen LogP contribution in [-0.2, 0) is 16.0 Å². The Morgan fingerprint density at radius 2 is 2.21 bits per heavy atom. The zero-order chi connectivity index (χ0) is 13.6. The second-order valence-electron chi connectivity index (χ2n) is 5.71. The first-order valence-corrected chi connectivity index (χ1v) is 6.91. The molecule has 0 saturated carbocycles. The Morgan fingerprint density at radius 3 is 2.89 bits per heavy atom. The summed E-state index contributed by atoms with van der Waals surface area (Å²) in [5.41, 5.74) is 8.72. The van der Waals surface area contributed by atoms with Gasteiger partial charge in [-0.2, -0.15) is 0 Å². The maximum atomic E-state index is 12.7. The Kier molecular flexibility index (Phi) is 2.97. The average Bonchev–Trinajstić information content (AvgIpc) is 2.90. The number of carbonyl (C=O) groups excluding carboxylic acids is 1. The van der Waals surface area contributed by atoms with Crippen molar-refractivity contribution in [2.45, 2.75) is 38.8 Å². The summed E-state index contributed by atoms with van der Waals surface area (Å²) in [7, 11) is 0. The van der Waals surface area contributed by atoms with Crippen LogP contribution in [0.25, 0.3) is 0 Å². The molecule has 19 heavy (non-hydrogen) atoms. The molecular weight excluding hydrogens is 240 g/mol. The van der Waals surface area contributed by atoms with Gasteiger partial charge in [-0.05, 0) is 49.4 Å². The van der Waals surface area contributed by atoms with Crippen molar-refractivity contribution < 1.29 is 9.53 Å². The van der Waals surface area contributed by atoms with Crippen LogP contribution in [0.4, 0.5) is 11.4 Å². The molecule has 1 aromatic carbocycles. The third-order valence-corrected chi connectivity index (χ3v) is 4.19. The van der Waals surface area contributed by atoms with E-state index in [9.17, 15) is 4.79 Å². The second kappa shape index (κ2) is 4.53. The normalized spacial score (nSPS) is 29.6. The van der Waals surface area contributed by atoms with Gasteiger partial charge in [-0.1, -0.05) is 6.92 Å². The minimum absolute atomic E-state index is 0.0982. The number of nitrogens with zero attached hydrogens (tertiary/aromatic N) is 1. The number of rotatable bonds is 1. The van der Waals surface area contributed by atoms with Gasteiger partial charge in [0, 0.05) is 24.0 Å². The molecule has 0 bridgehead atoms. The monoisotopic (exact) mass is 260 g/mol. The molecule has 4 heteroatoms. The molecule has 1 aromatic rings. The molecule has 1 saturated heterocycles. The number of nitrogen functional groups attached to an aromatic ring is 1. The van der Waals surface area contributed by atoms with E-state index in [2.05, 4.69) is 13.8 Å². The highest BCUT2D eigenvalue weighted by atomic mass is 16.5. The highest BCUT2D eigenvalue weighted by molar-refractivity contribution is 5.99. The van der Waals surface area contributed by atoms with Crippen LogP contribution < -0.4 is 10.6 Å². The maximum Gasteiger partial charge on any atom is 0.256 e. The fraction of sp³-hybridized carbons (Fsp3) is 0.533. The predicted octanol–water partition coefficient (Wildman–Crippen LogP) is 1.97. The predicted molar refractivity (Wildman–Crippen MR) is 75.0 cm³/mol. The Bertz CT molecular complexity index is 515. The number of fused-ring (bicyclic) bond motifs is 1. The van der Waals surface area contributed by atoms with Crippen LogP contribution in [-0.4, -0.2) is 24.7 Å². The molecule has 2 heterocycles. The van der Waals surface area contributed by atoms with Crippen LogP contribution in [0, 0.1) is 5.92 Å². The summed E-state index contributed by atoms with van der Waals surface area (Å²) in [6.45, 7) is 4.85. The number of ether oxygens (including phenoxy) is 1. The molecule has 0 aromatic heterocycles. The SMILES string of the molecule is CC1CCOC1C(=O)N1c2ccc(N)cc2CC1C. The maximum absolute atomic E-state index is 12.7. The lowest BCUT2D eigenvalue weighted by Crippen LogP contribution is -2.44. The lowest BCUT2D eigenvalue weighted by Gasteiger charge is -2.27. The van der Waals surface area contributed by atoms with Gasteiger partial charge in [0.2, 0.25) is 0 Å². The molecule has 1 fully saturated rings. The van der Waals surface area contributed by atoms with Crippen molar-refractivity contribution in [2.24, 2.45) is 5.92 Å². The van der Waals surface area contributed by atoms with Gasteiger partial charge in [0.15, 0.2) is 0 Å². The number of carbonyl (C=O) groups is 1. The lowest BCUT2D eigenvalue weighted by atomic mass is 10.0. The van der Waals surface area contributed by atoms with Crippen molar-refractivity contribution in [3.05, 3.63) is 23.8 Å². The first-order valence-electron chi connectivity index (χ1n) is 6.91. The number of anilines is 2. The smallest absolute Gasteiger partial charge is 0.256 e. The van der Waals surface area contributed by atoms with E-state index in [1.807, 2.05) is 23.1 Å². The number of hydrogen-bond acceptors (Lipinski definition) is 3. The minimum atomic E-state index is -0.286. The molecule has 0 radical (unpaired) electrons. The van der Waals surface area contributed by atoms with Gasteiger partial charge in [0.1, 0.15) is 6.10 Å². The zero-order valence-corrected chi connectivity index (χ0v) is 11.4. The van der Waals surface area contributed by atoms with Gasteiger partial charge in [0.05, 0.1) is 0 Å². The summed E-state index contributed by atoms with van der Waals surface area (Å²) in [6, 6.07) is 5.96. The Hall–Kier alpha value is -1.55. The zero-order valence-electron chi connectivity index (χ0n) is 11.4. The summed E-state index contributed by atoms with van der Waals surface area (Å²) in [5, 5.41) is 0. The van der Waals surface area contributed by atoms with Crippen LogP contribution in [0.5, 0.6) is 0 Å². The van der Waals surface area contributed by atoms with Crippen molar-refractivity contribution in [3.8, 4) is 0 Å². The third kappa shape index (κ3) is 2.00. The molecule has 0 spiro atoms. The number of nitrogens with two attached hydrogens (primary N) is 1. The molecule has 4 nitrogen and oxygen atoms in total. The van der Waals surface area contributed by atoms with Crippen LogP contribution >= 0.6 is 0 Å². The summed E-state index contributed by atoms with van der Waals surface area (Å²) in [6.07, 6.45) is 1.55. The van der Waals surface area contributed by atoms with Crippen molar-refractivity contribution in [1.29, 1.82) is 0 Å². The first kappa shape index (κ1) is 12.5. The summed E-state index contributed by atoms with van der Waals surface area (Å²) in [4.78, 5) is 14.6. The molecule has 3 atom stereocenters. The lowest BCUT2D eigenvalue weighted by molar-refractivity contribution is -0.129. The van der Waals surface area contributed by atoms with E-state index in [-0.39, 0.29) is 18.1 Å². The number of hydrogen-bond donors (Lipinski definition) is 1. The average molecular weight is 260 g/mol. The molecule has 2 aliphatic heterocycles. The van der Waals surface area contributed by atoms with E-state index in [0.29, 0.717) is 12.5 Å². The van der Waals surface area contributed by atoms with Crippen molar-refractivity contribution in [1.82, 2.24) is 0 Å². The van der Waals surface area contributed by atoms with E-state index in [0.717, 1.165) is 29.8 Å². The molecule has 3 rings (SSSR count). The summed E-state index contributed by atoms with van der Waals surface area (Å²) >= 11 is 0. The quantitative estimate of drug-likeness (QED) is 0.785. The third-order valence-electron chi connectivity index (χ3n) is 4.19. The number of amides is 1. The summed E-state index contributed by atoms with van der Waals surface area (Å²) in [5.74, 6) is 0.401. The number of benzene rings is 1. The molecule has 0 aliphatic carbocycles. The van der Waals surface area contributed by atoms with Gasteiger partial charge in [0.25, 0.3) is 5.91 Å². The van der Waals surface area contributed by atoms with E-state index in [1.54, 1.807) is 0 Å². The topological polar surface area (TPSA) is 55.6 Å². The van der Waals surface area contributed by atoms with Crippen LogP contribution in [0.2, 0.25) is 0 Å². The van der Waals surface area contributed by atoms with Crippen molar-refractivity contribution >= 4 is 17.3 Å². The van der Waals surface area contributed by atoms with Gasteiger partial charge in [-0.25, -0.2) is 0 Å². The Morgan fingerprint density at radius 1 is 1.42 bits per heavy atom. The summed E-state index contributed by atoms with van der Waals surface area (Å²) < 4.78 is 5.61. The Labute approximate surface area is 113 Å². The highest BCUT2D eigenvalue weighted by Crippen LogP contribution is 2.35.